The lowest BCUT2D eigenvalue weighted by Crippen LogP contribution is -2.40. The van der Waals surface area contributed by atoms with Gasteiger partial charge < -0.3 is 20.1 Å². The second kappa shape index (κ2) is 11.3. The number of methoxy groups -OCH3 is 2. The molecule has 0 saturated heterocycles. The maximum Gasteiger partial charge on any atom is 0.309 e. The van der Waals surface area contributed by atoms with Gasteiger partial charge in [0, 0.05) is 13.1 Å². The Morgan fingerprint density at radius 3 is 2.21 bits per heavy atom. The second-order valence-electron chi connectivity index (χ2n) is 5.51. The van der Waals surface area contributed by atoms with E-state index in [2.05, 4.69) is 17.6 Å². The summed E-state index contributed by atoms with van der Waals surface area (Å²) in [5, 5.41) is 5.26. The van der Waals surface area contributed by atoms with Gasteiger partial charge in [-0.25, -0.2) is 0 Å². The van der Waals surface area contributed by atoms with Gasteiger partial charge in [-0.3, -0.25) is 9.59 Å². The summed E-state index contributed by atoms with van der Waals surface area (Å²) >= 11 is 0. The fraction of sp³-hybridized carbons (Fsp3) is 0.556. The standard InChI is InChI=1S/C18H28N2O4/c1-4-5-6-7-11-19-17(21)18(22)20-12-10-14-8-9-15(23-2)16(13-14)24-3/h8-9,13H,4-7,10-12H2,1-3H3,(H,19,21)(H,20,22). The van der Waals surface area contributed by atoms with Crippen LogP contribution in [0.3, 0.4) is 0 Å². The zero-order valence-electron chi connectivity index (χ0n) is 14.8. The third-order valence-corrected chi connectivity index (χ3v) is 3.67. The lowest BCUT2D eigenvalue weighted by Gasteiger charge is -2.10. The molecule has 0 fully saturated rings. The Morgan fingerprint density at radius 2 is 1.58 bits per heavy atom. The number of ether oxygens (including phenoxy) is 2. The van der Waals surface area contributed by atoms with E-state index in [4.69, 9.17) is 9.47 Å². The first-order chi connectivity index (χ1) is 11.6. The van der Waals surface area contributed by atoms with Crippen molar-refractivity contribution in [2.75, 3.05) is 27.3 Å². The zero-order valence-corrected chi connectivity index (χ0v) is 14.8. The molecule has 134 valence electrons. The van der Waals surface area contributed by atoms with Crippen molar-refractivity contribution in [2.45, 2.75) is 39.0 Å². The minimum Gasteiger partial charge on any atom is -0.493 e. The Hall–Kier alpha value is -2.24. The molecule has 0 bridgehead atoms. The lowest BCUT2D eigenvalue weighted by atomic mass is 10.1. The Kier molecular flexibility index (Phi) is 9.34. The number of carbonyl (C=O) groups excluding carboxylic acids is 2. The predicted octanol–water partition coefficient (Wildman–Crippen LogP) is 2.06. The van der Waals surface area contributed by atoms with Gasteiger partial charge in [0.2, 0.25) is 0 Å². The van der Waals surface area contributed by atoms with Gasteiger partial charge in [0.1, 0.15) is 0 Å². The molecule has 1 aromatic carbocycles. The van der Waals surface area contributed by atoms with Gasteiger partial charge in [-0.1, -0.05) is 32.3 Å². The second-order valence-corrected chi connectivity index (χ2v) is 5.51. The van der Waals surface area contributed by atoms with Crippen LogP contribution in [0.2, 0.25) is 0 Å². The number of hydrogen-bond donors (Lipinski definition) is 2. The zero-order chi connectivity index (χ0) is 17.8. The van der Waals surface area contributed by atoms with Gasteiger partial charge in [0.05, 0.1) is 14.2 Å². The largest absolute Gasteiger partial charge is 0.493 e. The minimum absolute atomic E-state index is 0.386. The molecule has 0 aliphatic carbocycles. The van der Waals surface area contributed by atoms with Crippen molar-refractivity contribution < 1.29 is 19.1 Å². The molecule has 2 N–H and O–H groups in total. The summed E-state index contributed by atoms with van der Waals surface area (Å²) in [7, 11) is 3.16. The smallest absolute Gasteiger partial charge is 0.309 e. The molecule has 0 atom stereocenters. The topological polar surface area (TPSA) is 76.7 Å². The van der Waals surface area contributed by atoms with E-state index >= 15 is 0 Å². The molecule has 0 saturated carbocycles. The van der Waals surface area contributed by atoms with Crippen molar-refractivity contribution in [2.24, 2.45) is 0 Å². The van der Waals surface area contributed by atoms with Gasteiger partial charge in [0.15, 0.2) is 11.5 Å². The number of nitrogens with one attached hydrogen (secondary N) is 2. The van der Waals surface area contributed by atoms with Crippen LogP contribution in [0.1, 0.15) is 38.2 Å². The van der Waals surface area contributed by atoms with Crippen molar-refractivity contribution >= 4 is 11.8 Å². The van der Waals surface area contributed by atoms with Crippen LogP contribution in [0.15, 0.2) is 18.2 Å². The van der Waals surface area contributed by atoms with Gasteiger partial charge in [0.25, 0.3) is 0 Å². The van der Waals surface area contributed by atoms with E-state index in [1.165, 1.54) is 0 Å². The van der Waals surface area contributed by atoms with Crippen LogP contribution in [-0.4, -0.2) is 39.1 Å². The Bertz CT molecular complexity index is 532. The molecule has 1 aromatic rings. The molecule has 0 aliphatic heterocycles. The molecule has 0 radical (unpaired) electrons. The molecule has 0 spiro atoms. The maximum absolute atomic E-state index is 11.7. The number of carbonyl (C=O) groups is 2. The molecular formula is C18H28N2O4. The first-order valence-corrected chi connectivity index (χ1v) is 8.39. The SMILES string of the molecule is CCCCCCNC(=O)C(=O)NCCc1ccc(OC)c(OC)c1. The summed E-state index contributed by atoms with van der Waals surface area (Å²) < 4.78 is 10.4. The number of unbranched alkanes of at least 4 members (excludes halogenated alkanes) is 3. The number of amides is 2. The van der Waals surface area contributed by atoms with Crippen LogP contribution in [0.4, 0.5) is 0 Å². The molecule has 0 aliphatic rings. The first-order valence-electron chi connectivity index (χ1n) is 8.39. The Balaban J connectivity index is 2.31. The minimum atomic E-state index is -0.592. The summed E-state index contributed by atoms with van der Waals surface area (Å²) in [6.07, 6.45) is 4.87. The van der Waals surface area contributed by atoms with E-state index in [-0.39, 0.29) is 0 Å². The van der Waals surface area contributed by atoms with Crippen LogP contribution in [0, 0.1) is 0 Å². The van der Waals surface area contributed by atoms with Crippen molar-refractivity contribution in [3.8, 4) is 11.5 Å². The monoisotopic (exact) mass is 336 g/mol. The highest BCUT2D eigenvalue weighted by Crippen LogP contribution is 2.27. The highest BCUT2D eigenvalue weighted by atomic mass is 16.5. The molecule has 1 rings (SSSR count). The highest BCUT2D eigenvalue weighted by molar-refractivity contribution is 6.35. The van der Waals surface area contributed by atoms with Crippen molar-refractivity contribution in [1.82, 2.24) is 10.6 Å². The Morgan fingerprint density at radius 1 is 0.917 bits per heavy atom. The Labute approximate surface area is 143 Å². The first kappa shape index (κ1) is 19.8. The van der Waals surface area contributed by atoms with Crippen LogP contribution in [0.25, 0.3) is 0 Å². The van der Waals surface area contributed by atoms with E-state index < -0.39 is 11.8 Å². The molecule has 24 heavy (non-hydrogen) atoms. The summed E-state index contributed by atoms with van der Waals surface area (Å²) in [6.45, 7) is 3.06. The summed E-state index contributed by atoms with van der Waals surface area (Å²) in [6, 6.07) is 5.58. The number of rotatable bonds is 10. The third kappa shape index (κ3) is 6.89. The van der Waals surface area contributed by atoms with Crippen LogP contribution in [0.5, 0.6) is 11.5 Å². The molecule has 0 heterocycles. The fourth-order valence-electron chi connectivity index (χ4n) is 2.27. The van der Waals surface area contributed by atoms with E-state index in [9.17, 15) is 9.59 Å². The van der Waals surface area contributed by atoms with Crippen LogP contribution < -0.4 is 20.1 Å². The maximum atomic E-state index is 11.7. The number of hydrogen-bond acceptors (Lipinski definition) is 4. The average Bonchev–Trinajstić information content (AvgIpc) is 2.61. The van der Waals surface area contributed by atoms with E-state index in [0.717, 1.165) is 31.2 Å². The fourth-order valence-corrected chi connectivity index (χ4v) is 2.27. The normalized spacial score (nSPS) is 10.1. The number of benzene rings is 1. The molecule has 6 heteroatoms. The van der Waals surface area contributed by atoms with Gasteiger partial charge in [-0.15, -0.1) is 0 Å². The summed E-state index contributed by atoms with van der Waals surface area (Å²) in [5.41, 5.74) is 0.993. The molecule has 0 aromatic heterocycles. The molecular weight excluding hydrogens is 308 g/mol. The predicted molar refractivity (Wildman–Crippen MR) is 93.4 cm³/mol. The van der Waals surface area contributed by atoms with Gasteiger partial charge >= 0.3 is 11.8 Å². The highest BCUT2D eigenvalue weighted by Gasteiger charge is 2.12. The third-order valence-electron chi connectivity index (χ3n) is 3.67. The molecule has 6 nitrogen and oxygen atoms in total. The summed E-state index contributed by atoms with van der Waals surface area (Å²) in [5.74, 6) is 0.142. The van der Waals surface area contributed by atoms with Crippen LogP contribution >= 0.6 is 0 Å². The molecule has 0 unspecified atom stereocenters. The lowest BCUT2D eigenvalue weighted by molar-refractivity contribution is -0.139. The van der Waals surface area contributed by atoms with E-state index in [0.29, 0.717) is 31.0 Å². The van der Waals surface area contributed by atoms with Crippen molar-refractivity contribution in [3.05, 3.63) is 23.8 Å². The molecule has 2 amide bonds. The summed E-state index contributed by atoms with van der Waals surface area (Å²) in [4.78, 5) is 23.4. The van der Waals surface area contributed by atoms with E-state index in [1.54, 1.807) is 14.2 Å². The average molecular weight is 336 g/mol. The van der Waals surface area contributed by atoms with Crippen molar-refractivity contribution in [3.63, 3.8) is 0 Å². The van der Waals surface area contributed by atoms with Gasteiger partial charge in [-0.05, 0) is 30.5 Å². The van der Waals surface area contributed by atoms with Crippen molar-refractivity contribution in [1.29, 1.82) is 0 Å². The van der Waals surface area contributed by atoms with Crippen LogP contribution in [-0.2, 0) is 16.0 Å². The van der Waals surface area contributed by atoms with E-state index in [1.807, 2.05) is 18.2 Å². The van der Waals surface area contributed by atoms with Gasteiger partial charge in [-0.2, -0.15) is 0 Å². The quantitative estimate of drug-likeness (QED) is 0.506.